The number of halogens is 4. The zero-order valence-corrected chi connectivity index (χ0v) is 7.28. The zero-order chi connectivity index (χ0) is 10.1. The van der Waals surface area contributed by atoms with Crippen molar-refractivity contribution in [3.05, 3.63) is 34.3 Å². The predicted molar refractivity (Wildman–Crippen MR) is 51.1 cm³/mol. The van der Waals surface area contributed by atoms with Crippen molar-refractivity contribution in [1.82, 2.24) is 0 Å². The Labute approximate surface area is 85.7 Å². The van der Waals surface area contributed by atoms with Gasteiger partial charge in [0.25, 0.3) is 0 Å². The van der Waals surface area contributed by atoms with Crippen LogP contribution in [0, 0.1) is 0 Å². The molecule has 0 atom stereocenters. The van der Waals surface area contributed by atoms with E-state index in [1.54, 1.807) is 0 Å². The van der Waals surface area contributed by atoms with Crippen LogP contribution in [0.2, 0.25) is 5.02 Å². The van der Waals surface area contributed by atoms with Crippen LogP contribution in [0.5, 0.6) is 0 Å². The van der Waals surface area contributed by atoms with Gasteiger partial charge in [-0.15, -0.1) is 0 Å². The smallest absolute Gasteiger partial charge is 0.326 e. The van der Waals surface area contributed by atoms with Crippen LogP contribution in [0.15, 0.2) is 18.2 Å². The van der Waals surface area contributed by atoms with Crippen molar-refractivity contribution in [2.45, 2.75) is 20.1 Å². The molecule has 0 fully saturated rings. The number of hydrogen-bond donors (Lipinski definition) is 1. The highest BCUT2D eigenvalue weighted by Gasteiger charge is 2.32. The van der Waals surface area contributed by atoms with Crippen LogP contribution in [0.1, 0.15) is 18.6 Å². The molecule has 0 bridgehead atoms. The minimum absolute atomic E-state index is 0. The molecular formula is C9H11ClF3N. The van der Waals surface area contributed by atoms with Crippen LogP contribution < -0.4 is 5.73 Å². The molecule has 1 aromatic rings. The third-order valence-corrected chi connectivity index (χ3v) is 1.83. The molecule has 0 heterocycles. The molecule has 1 nitrogen and oxygen atoms in total. The Bertz CT molecular complexity index is 309. The van der Waals surface area contributed by atoms with Crippen molar-refractivity contribution in [3.63, 3.8) is 0 Å². The van der Waals surface area contributed by atoms with E-state index in [0.29, 0.717) is 0 Å². The molecule has 0 unspecified atom stereocenters. The molecule has 0 saturated heterocycles. The second-order valence-electron chi connectivity index (χ2n) is 2.50. The van der Waals surface area contributed by atoms with Crippen molar-refractivity contribution in [3.8, 4) is 0 Å². The highest BCUT2D eigenvalue weighted by atomic mass is 35.5. The normalized spacial score (nSPS) is 10.9. The SMILES string of the molecule is C.NCc1cc(Cl)ccc1C(F)(F)F. The lowest BCUT2D eigenvalue weighted by Gasteiger charge is -2.11. The topological polar surface area (TPSA) is 26.0 Å². The monoisotopic (exact) mass is 225 g/mol. The van der Waals surface area contributed by atoms with Crippen LogP contribution in [-0.4, -0.2) is 0 Å². The molecule has 1 rings (SSSR count). The quantitative estimate of drug-likeness (QED) is 0.778. The number of rotatable bonds is 1. The maximum atomic E-state index is 12.3. The summed E-state index contributed by atoms with van der Waals surface area (Å²) in [4.78, 5) is 0. The lowest BCUT2D eigenvalue weighted by molar-refractivity contribution is -0.138. The summed E-state index contributed by atoms with van der Waals surface area (Å²) in [5.41, 5.74) is 4.45. The molecule has 1 aromatic carbocycles. The average Bonchev–Trinajstić information content (AvgIpc) is 2.01. The third-order valence-electron chi connectivity index (χ3n) is 1.59. The van der Waals surface area contributed by atoms with Gasteiger partial charge in [-0.3, -0.25) is 0 Å². The summed E-state index contributed by atoms with van der Waals surface area (Å²) >= 11 is 5.52. The molecule has 80 valence electrons. The van der Waals surface area contributed by atoms with E-state index in [2.05, 4.69) is 0 Å². The number of hydrogen-bond acceptors (Lipinski definition) is 1. The second kappa shape index (κ2) is 4.66. The van der Waals surface area contributed by atoms with Crippen molar-refractivity contribution in [2.24, 2.45) is 5.73 Å². The molecule has 0 spiro atoms. The largest absolute Gasteiger partial charge is 0.416 e. The van der Waals surface area contributed by atoms with Crippen LogP contribution in [0.25, 0.3) is 0 Å². The Hall–Kier alpha value is -0.740. The Morgan fingerprint density at radius 3 is 2.29 bits per heavy atom. The van der Waals surface area contributed by atoms with Crippen molar-refractivity contribution >= 4 is 11.6 Å². The van der Waals surface area contributed by atoms with Crippen molar-refractivity contribution < 1.29 is 13.2 Å². The van der Waals surface area contributed by atoms with Gasteiger partial charge in [0.05, 0.1) is 5.56 Å². The fraction of sp³-hybridized carbons (Fsp3) is 0.333. The fourth-order valence-electron chi connectivity index (χ4n) is 1.01. The number of alkyl halides is 3. The summed E-state index contributed by atoms with van der Waals surface area (Å²) in [6, 6.07) is 3.36. The lowest BCUT2D eigenvalue weighted by Crippen LogP contribution is -2.11. The van der Waals surface area contributed by atoms with Gasteiger partial charge in [0, 0.05) is 11.6 Å². The van der Waals surface area contributed by atoms with Crippen LogP contribution in [0.4, 0.5) is 13.2 Å². The summed E-state index contributed by atoms with van der Waals surface area (Å²) in [7, 11) is 0. The molecule has 0 aliphatic carbocycles. The van der Waals surface area contributed by atoms with Gasteiger partial charge in [-0.05, 0) is 23.8 Å². The fourth-order valence-corrected chi connectivity index (χ4v) is 1.20. The maximum Gasteiger partial charge on any atom is 0.416 e. The zero-order valence-electron chi connectivity index (χ0n) is 6.53. The minimum Gasteiger partial charge on any atom is -0.326 e. The molecule has 0 aromatic heterocycles. The molecule has 0 aliphatic heterocycles. The summed E-state index contributed by atoms with van der Waals surface area (Å²) < 4.78 is 36.8. The van der Waals surface area contributed by atoms with Gasteiger partial charge in [-0.2, -0.15) is 13.2 Å². The Kier molecular flexibility index (Phi) is 4.42. The van der Waals surface area contributed by atoms with Gasteiger partial charge in [0.1, 0.15) is 0 Å². The highest BCUT2D eigenvalue weighted by Crippen LogP contribution is 2.32. The van der Waals surface area contributed by atoms with Crippen LogP contribution in [-0.2, 0) is 12.7 Å². The molecule has 0 amide bonds. The van der Waals surface area contributed by atoms with E-state index in [1.165, 1.54) is 12.1 Å². The van der Waals surface area contributed by atoms with Crippen LogP contribution >= 0.6 is 11.6 Å². The summed E-state index contributed by atoms with van der Waals surface area (Å²) in [5.74, 6) is 0. The average molecular weight is 226 g/mol. The molecule has 2 N–H and O–H groups in total. The van der Waals surface area contributed by atoms with E-state index in [1.807, 2.05) is 0 Å². The molecule has 0 saturated carbocycles. The molecule has 14 heavy (non-hydrogen) atoms. The third kappa shape index (κ3) is 2.89. The maximum absolute atomic E-state index is 12.3. The molecular weight excluding hydrogens is 215 g/mol. The highest BCUT2D eigenvalue weighted by molar-refractivity contribution is 6.30. The van der Waals surface area contributed by atoms with E-state index in [0.717, 1.165) is 6.07 Å². The van der Waals surface area contributed by atoms with Gasteiger partial charge in [-0.25, -0.2) is 0 Å². The van der Waals surface area contributed by atoms with E-state index in [4.69, 9.17) is 17.3 Å². The minimum atomic E-state index is -4.36. The molecule has 0 radical (unpaired) electrons. The van der Waals surface area contributed by atoms with Gasteiger partial charge in [0.15, 0.2) is 0 Å². The van der Waals surface area contributed by atoms with Gasteiger partial charge >= 0.3 is 6.18 Å². The van der Waals surface area contributed by atoms with Gasteiger partial charge < -0.3 is 5.73 Å². The van der Waals surface area contributed by atoms with E-state index in [9.17, 15) is 13.2 Å². The number of nitrogens with two attached hydrogens (primary N) is 1. The van der Waals surface area contributed by atoms with Crippen molar-refractivity contribution in [2.75, 3.05) is 0 Å². The van der Waals surface area contributed by atoms with Gasteiger partial charge in [0.2, 0.25) is 0 Å². The van der Waals surface area contributed by atoms with Gasteiger partial charge in [-0.1, -0.05) is 19.0 Å². The Balaban J connectivity index is 0.00000169. The van der Waals surface area contributed by atoms with Crippen molar-refractivity contribution in [1.29, 1.82) is 0 Å². The predicted octanol–water partition coefficient (Wildman–Crippen LogP) is 3.45. The summed E-state index contributed by atoms with van der Waals surface area (Å²) in [5, 5.41) is 0.258. The second-order valence-corrected chi connectivity index (χ2v) is 2.94. The lowest BCUT2D eigenvalue weighted by atomic mass is 10.1. The van der Waals surface area contributed by atoms with E-state index < -0.39 is 11.7 Å². The standard InChI is InChI=1S/C8H7ClF3N.CH4/c9-6-1-2-7(8(10,11)12)5(3-6)4-13;/h1-3H,4,13H2;1H4. The Morgan fingerprint density at radius 2 is 1.86 bits per heavy atom. The summed E-state index contributed by atoms with van der Waals surface area (Å²) in [6.07, 6.45) is -4.36. The molecule has 0 aliphatic rings. The first-order chi connectivity index (χ1) is 5.95. The van der Waals surface area contributed by atoms with Crippen LogP contribution in [0.3, 0.4) is 0 Å². The van der Waals surface area contributed by atoms with E-state index in [-0.39, 0.29) is 24.6 Å². The first-order valence-corrected chi connectivity index (χ1v) is 3.88. The molecule has 5 heteroatoms. The number of benzene rings is 1. The first-order valence-electron chi connectivity index (χ1n) is 3.51. The Morgan fingerprint density at radius 1 is 1.29 bits per heavy atom. The van der Waals surface area contributed by atoms with E-state index >= 15 is 0 Å². The first kappa shape index (κ1) is 13.3. The summed E-state index contributed by atoms with van der Waals surface area (Å²) in [6.45, 7) is -0.171.